The maximum Gasteiger partial charge on any atom is 0.407 e. The third-order valence-corrected chi connectivity index (χ3v) is 3.27. The summed E-state index contributed by atoms with van der Waals surface area (Å²) in [6, 6.07) is 17.3. The van der Waals surface area contributed by atoms with Gasteiger partial charge in [-0.2, -0.15) is 5.26 Å². The Hall–Kier alpha value is -3.06. The van der Waals surface area contributed by atoms with Crippen LogP contribution in [0.4, 0.5) is 4.79 Å². The predicted octanol–water partition coefficient (Wildman–Crippen LogP) is 3.81. The molecule has 4 nitrogen and oxygen atoms in total. The number of carbonyl (C=O) groups excluding carboxylic acids is 1. The smallest absolute Gasteiger partial charge is 0.407 e. The van der Waals surface area contributed by atoms with Gasteiger partial charge in [-0.15, -0.1) is 0 Å². The number of alkyl carbamates (subject to hydrolysis) is 1. The van der Waals surface area contributed by atoms with E-state index in [2.05, 4.69) is 11.4 Å². The van der Waals surface area contributed by atoms with Gasteiger partial charge in [-0.1, -0.05) is 54.6 Å². The summed E-state index contributed by atoms with van der Waals surface area (Å²) in [5, 5.41) is 11.6. The Kier molecular flexibility index (Phi) is 5.96. The molecule has 2 aromatic carbocycles. The topological polar surface area (TPSA) is 62.1 Å². The molecule has 0 aliphatic rings. The Morgan fingerprint density at radius 1 is 1.26 bits per heavy atom. The lowest BCUT2D eigenvalue weighted by atomic mass is 10.1. The van der Waals surface area contributed by atoms with E-state index in [1.165, 1.54) is 0 Å². The molecule has 1 amide bonds. The molecule has 2 aromatic rings. The van der Waals surface area contributed by atoms with Crippen molar-refractivity contribution in [1.82, 2.24) is 5.32 Å². The van der Waals surface area contributed by atoms with Gasteiger partial charge in [-0.05, 0) is 29.7 Å². The molecule has 0 saturated heterocycles. The van der Waals surface area contributed by atoms with E-state index in [-0.39, 0.29) is 6.61 Å². The van der Waals surface area contributed by atoms with Crippen molar-refractivity contribution in [2.75, 3.05) is 6.54 Å². The summed E-state index contributed by atoms with van der Waals surface area (Å²) < 4.78 is 5.11. The van der Waals surface area contributed by atoms with Crippen LogP contribution in [-0.4, -0.2) is 12.6 Å². The van der Waals surface area contributed by atoms with Crippen molar-refractivity contribution in [3.05, 3.63) is 76.9 Å². The van der Waals surface area contributed by atoms with Gasteiger partial charge in [0, 0.05) is 6.54 Å². The van der Waals surface area contributed by atoms with Gasteiger partial charge in [-0.3, -0.25) is 0 Å². The summed E-state index contributed by atoms with van der Waals surface area (Å²) >= 11 is 0. The van der Waals surface area contributed by atoms with Crippen LogP contribution >= 0.6 is 0 Å². The van der Waals surface area contributed by atoms with Crippen LogP contribution in [0.25, 0.3) is 6.08 Å². The highest BCUT2D eigenvalue weighted by atomic mass is 16.5. The maximum atomic E-state index is 11.6. The third-order valence-electron chi connectivity index (χ3n) is 3.27. The molecule has 1 N–H and O–H groups in total. The summed E-state index contributed by atoms with van der Waals surface area (Å²) in [6.45, 7) is 2.51. The molecule has 0 aromatic heterocycles. The summed E-state index contributed by atoms with van der Waals surface area (Å²) in [6.07, 6.45) is 3.22. The SMILES string of the molecule is Cc1ccc(C=CCNC(=O)OCc2ccccc2)cc1C#N. The van der Waals surface area contributed by atoms with E-state index in [0.29, 0.717) is 12.1 Å². The van der Waals surface area contributed by atoms with E-state index < -0.39 is 6.09 Å². The number of hydrogen-bond donors (Lipinski definition) is 1. The fraction of sp³-hybridized carbons (Fsp3) is 0.158. The Bertz CT molecular complexity index is 731. The number of nitrogens with one attached hydrogen (secondary N) is 1. The Balaban J connectivity index is 1.76. The molecular formula is C19H18N2O2. The zero-order valence-electron chi connectivity index (χ0n) is 13.0. The molecule has 0 atom stereocenters. The fourth-order valence-electron chi connectivity index (χ4n) is 1.98. The number of nitriles is 1. The lowest BCUT2D eigenvalue weighted by Crippen LogP contribution is -2.24. The van der Waals surface area contributed by atoms with Crippen LogP contribution < -0.4 is 5.32 Å². The van der Waals surface area contributed by atoms with Gasteiger partial charge in [0.1, 0.15) is 6.61 Å². The van der Waals surface area contributed by atoms with Crippen molar-refractivity contribution in [1.29, 1.82) is 5.26 Å². The largest absolute Gasteiger partial charge is 0.445 e. The average Bonchev–Trinajstić information content (AvgIpc) is 2.59. The first kappa shape index (κ1) is 16.3. The molecule has 0 heterocycles. The monoisotopic (exact) mass is 306 g/mol. The highest BCUT2D eigenvalue weighted by Crippen LogP contribution is 2.11. The van der Waals surface area contributed by atoms with Gasteiger partial charge >= 0.3 is 6.09 Å². The van der Waals surface area contributed by atoms with Crippen molar-refractivity contribution in [3.63, 3.8) is 0 Å². The molecule has 0 saturated carbocycles. The minimum absolute atomic E-state index is 0.250. The molecule has 0 aliphatic heterocycles. The molecule has 0 spiro atoms. The molecular weight excluding hydrogens is 288 g/mol. The molecule has 2 rings (SSSR count). The molecule has 0 fully saturated rings. The van der Waals surface area contributed by atoms with Gasteiger partial charge in [-0.25, -0.2) is 4.79 Å². The van der Waals surface area contributed by atoms with Gasteiger partial charge in [0.05, 0.1) is 11.6 Å². The van der Waals surface area contributed by atoms with Crippen molar-refractivity contribution in [3.8, 4) is 6.07 Å². The Morgan fingerprint density at radius 3 is 2.78 bits per heavy atom. The average molecular weight is 306 g/mol. The summed E-state index contributed by atoms with van der Waals surface area (Å²) in [7, 11) is 0. The zero-order valence-corrected chi connectivity index (χ0v) is 13.0. The van der Waals surface area contributed by atoms with Crippen LogP contribution in [-0.2, 0) is 11.3 Å². The first-order valence-corrected chi connectivity index (χ1v) is 7.31. The fourth-order valence-corrected chi connectivity index (χ4v) is 1.98. The zero-order chi connectivity index (χ0) is 16.5. The Labute approximate surface area is 136 Å². The molecule has 116 valence electrons. The van der Waals surface area contributed by atoms with Crippen molar-refractivity contribution in [2.45, 2.75) is 13.5 Å². The second-order valence-corrected chi connectivity index (χ2v) is 5.03. The summed E-state index contributed by atoms with van der Waals surface area (Å²) in [5.41, 5.74) is 3.48. The number of amides is 1. The second kappa shape index (κ2) is 8.40. The number of rotatable bonds is 5. The van der Waals surface area contributed by atoms with E-state index in [9.17, 15) is 4.79 Å². The molecule has 0 aliphatic carbocycles. The van der Waals surface area contributed by atoms with E-state index >= 15 is 0 Å². The molecule has 4 heteroatoms. The quantitative estimate of drug-likeness (QED) is 0.913. The van der Waals surface area contributed by atoms with Gasteiger partial charge in [0.25, 0.3) is 0 Å². The van der Waals surface area contributed by atoms with Crippen LogP contribution in [0.2, 0.25) is 0 Å². The van der Waals surface area contributed by atoms with Gasteiger partial charge < -0.3 is 10.1 Å². The number of hydrogen-bond acceptors (Lipinski definition) is 3. The van der Waals surface area contributed by atoms with Crippen LogP contribution in [0.3, 0.4) is 0 Å². The van der Waals surface area contributed by atoms with Crippen molar-refractivity contribution in [2.24, 2.45) is 0 Å². The van der Waals surface area contributed by atoms with Gasteiger partial charge in [0.15, 0.2) is 0 Å². The predicted molar refractivity (Wildman–Crippen MR) is 89.6 cm³/mol. The van der Waals surface area contributed by atoms with Crippen LogP contribution in [0.1, 0.15) is 22.3 Å². The number of benzene rings is 2. The standard InChI is InChI=1S/C19H18N2O2/c1-15-9-10-16(12-18(15)13-20)8-5-11-21-19(22)23-14-17-6-3-2-4-7-17/h2-10,12H,11,14H2,1H3,(H,21,22). The van der Waals surface area contributed by atoms with Crippen LogP contribution in [0.15, 0.2) is 54.6 Å². The number of carbonyl (C=O) groups is 1. The van der Waals surface area contributed by atoms with E-state index in [4.69, 9.17) is 10.00 Å². The second-order valence-electron chi connectivity index (χ2n) is 5.03. The summed E-state index contributed by atoms with van der Waals surface area (Å²) in [5.74, 6) is 0. The number of ether oxygens (including phenoxy) is 1. The molecule has 0 bridgehead atoms. The van der Waals surface area contributed by atoms with E-state index in [0.717, 1.165) is 16.7 Å². The molecule has 0 unspecified atom stereocenters. The first-order chi connectivity index (χ1) is 11.2. The van der Waals surface area contributed by atoms with Crippen molar-refractivity contribution >= 4 is 12.2 Å². The van der Waals surface area contributed by atoms with Crippen LogP contribution in [0.5, 0.6) is 0 Å². The highest BCUT2D eigenvalue weighted by Gasteiger charge is 2.00. The minimum atomic E-state index is -0.458. The first-order valence-electron chi connectivity index (χ1n) is 7.31. The van der Waals surface area contributed by atoms with Crippen LogP contribution in [0, 0.1) is 18.3 Å². The third kappa shape index (κ3) is 5.33. The number of nitrogens with zero attached hydrogens (tertiary/aromatic N) is 1. The molecule has 0 radical (unpaired) electrons. The summed E-state index contributed by atoms with van der Waals surface area (Å²) in [4.78, 5) is 11.6. The van der Waals surface area contributed by atoms with Crippen molar-refractivity contribution < 1.29 is 9.53 Å². The Morgan fingerprint density at radius 2 is 2.04 bits per heavy atom. The van der Waals surface area contributed by atoms with E-state index in [1.807, 2.05) is 67.6 Å². The lowest BCUT2D eigenvalue weighted by Gasteiger charge is -2.05. The molecule has 23 heavy (non-hydrogen) atoms. The van der Waals surface area contributed by atoms with Gasteiger partial charge in [0.2, 0.25) is 0 Å². The normalized spacial score (nSPS) is 10.3. The lowest BCUT2D eigenvalue weighted by molar-refractivity contribution is 0.141. The number of aryl methyl sites for hydroxylation is 1. The maximum absolute atomic E-state index is 11.6. The minimum Gasteiger partial charge on any atom is -0.445 e. The van der Waals surface area contributed by atoms with E-state index in [1.54, 1.807) is 0 Å². The highest BCUT2D eigenvalue weighted by molar-refractivity contribution is 5.67.